The summed E-state index contributed by atoms with van der Waals surface area (Å²) in [5.74, 6) is 0.716. The van der Waals surface area contributed by atoms with Gasteiger partial charge in [0.1, 0.15) is 0 Å². The Hall–Kier alpha value is -7.62. The maximum Gasteiger partial charge on any atom is 0.160 e. The highest BCUT2D eigenvalue weighted by Crippen LogP contribution is 2.50. The molecule has 0 saturated heterocycles. The van der Waals surface area contributed by atoms with Crippen LogP contribution < -0.4 is 0 Å². The predicted molar refractivity (Wildman–Crippen MR) is 251 cm³/mol. The molecule has 3 nitrogen and oxygen atoms in total. The first-order valence-corrected chi connectivity index (χ1v) is 20.7. The summed E-state index contributed by atoms with van der Waals surface area (Å²) in [4.78, 5) is 10.3. The van der Waals surface area contributed by atoms with E-state index in [1.807, 2.05) is 12.1 Å². The van der Waals surface area contributed by atoms with Crippen LogP contribution in [0.3, 0.4) is 0 Å². The van der Waals surface area contributed by atoms with Crippen molar-refractivity contribution in [1.29, 1.82) is 0 Å². The molecule has 9 aromatic carbocycles. The molecule has 3 heteroatoms. The number of nitrogens with zero attached hydrogens (tertiary/aromatic N) is 3. The van der Waals surface area contributed by atoms with Crippen LogP contribution in [0.25, 0.3) is 105 Å². The van der Waals surface area contributed by atoms with Crippen molar-refractivity contribution < 1.29 is 0 Å². The van der Waals surface area contributed by atoms with Gasteiger partial charge in [0.05, 0.1) is 27.9 Å². The van der Waals surface area contributed by atoms with Gasteiger partial charge < -0.3 is 4.57 Å². The van der Waals surface area contributed by atoms with E-state index >= 15 is 0 Å². The van der Waals surface area contributed by atoms with E-state index in [-0.39, 0.29) is 5.41 Å². The van der Waals surface area contributed by atoms with Gasteiger partial charge in [-0.15, -0.1) is 0 Å². The zero-order valence-corrected chi connectivity index (χ0v) is 33.4. The molecule has 0 spiro atoms. The summed E-state index contributed by atoms with van der Waals surface area (Å²) in [7, 11) is 0. The average Bonchev–Trinajstić information content (AvgIpc) is 3.75. The van der Waals surface area contributed by atoms with Gasteiger partial charge in [-0.2, -0.15) is 0 Å². The van der Waals surface area contributed by atoms with E-state index in [0.717, 1.165) is 38.9 Å². The van der Waals surface area contributed by atoms with Crippen molar-refractivity contribution in [3.8, 4) is 61.7 Å². The van der Waals surface area contributed by atoms with Gasteiger partial charge in [-0.05, 0) is 98.4 Å². The molecule has 60 heavy (non-hydrogen) atoms. The van der Waals surface area contributed by atoms with Crippen LogP contribution >= 0.6 is 0 Å². The molecular weight excluding hydrogens is 727 g/mol. The minimum atomic E-state index is -0.0686. The Morgan fingerprint density at radius 1 is 0.383 bits per heavy atom. The monoisotopic (exact) mass is 765 g/mol. The first-order chi connectivity index (χ1) is 29.5. The second kappa shape index (κ2) is 13.2. The van der Waals surface area contributed by atoms with Gasteiger partial charge in [0.25, 0.3) is 0 Å². The average molecular weight is 766 g/mol. The second-order valence-corrected chi connectivity index (χ2v) is 16.6. The topological polar surface area (TPSA) is 30.7 Å². The molecule has 0 amide bonds. The fourth-order valence-corrected chi connectivity index (χ4v) is 9.79. The number of rotatable bonds is 5. The fraction of sp³-hybridized carbons (Fsp3) is 0.0526. The van der Waals surface area contributed by atoms with E-state index in [1.165, 1.54) is 71.6 Å². The van der Waals surface area contributed by atoms with Crippen LogP contribution in [-0.4, -0.2) is 14.5 Å². The van der Waals surface area contributed by atoms with Crippen LogP contribution in [0.15, 0.2) is 200 Å². The minimum absolute atomic E-state index is 0.0686. The van der Waals surface area contributed by atoms with Crippen LogP contribution in [0.1, 0.15) is 25.0 Å². The smallest absolute Gasteiger partial charge is 0.160 e. The number of hydrogen-bond acceptors (Lipinski definition) is 2. The number of aromatic nitrogens is 3. The van der Waals surface area contributed by atoms with Crippen molar-refractivity contribution in [2.75, 3.05) is 0 Å². The highest BCUT2D eigenvalue weighted by Gasteiger charge is 2.35. The third kappa shape index (κ3) is 5.29. The van der Waals surface area contributed by atoms with Crippen molar-refractivity contribution in [2.24, 2.45) is 0 Å². The Bertz CT molecular complexity index is 3510. The Morgan fingerprint density at radius 2 is 0.967 bits per heavy atom. The molecule has 0 N–H and O–H groups in total. The van der Waals surface area contributed by atoms with Gasteiger partial charge in [-0.1, -0.05) is 166 Å². The molecular formula is C57H39N3. The SMILES string of the molecule is CC1(C)c2ccccc2-c2ccc(-c3ccc4c(c3)c3cc(-c5cccc(-c6nc(-c7ccccc7)c7ccccc7n6)c5)ccc3n4-c3cccc4ccccc34)cc21. The number of hydrogen-bond donors (Lipinski definition) is 0. The Morgan fingerprint density at radius 3 is 1.78 bits per heavy atom. The lowest BCUT2D eigenvalue weighted by Crippen LogP contribution is -2.14. The zero-order valence-electron chi connectivity index (χ0n) is 33.4. The van der Waals surface area contributed by atoms with Gasteiger partial charge in [0.2, 0.25) is 0 Å². The minimum Gasteiger partial charge on any atom is -0.309 e. The molecule has 1 aliphatic rings. The fourth-order valence-electron chi connectivity index (χ4n) is 9.79. The summed E-state index contributed by atoms with van der Waals surface area (Å²) < 4.78 is 2.45. The number of para-hydroxylation sites is 1. The Labute approximate surface area is 348 Å². The van der Waals surface area contributed by atoms with E-state index in [0.29, 0.717) is 5.82 Å². The van der Waals surface area contributed by atoms with Crippen LogP contribution in [0.2, 0.25) is 0 Å². The lowest BCUT2D eigenvalue weighted by Gasteiger charge is -2.22. The van der Waals surface area contributed by atoms with E-state index in [9.17, 15) is 0 Å². The molecule has 0 aliphatic heterocycles. The van der Waals surface area contributed by atoms with Crippen LogP contribution in [-0.2, 0) is 5.41 Å². The highest BCUT2D eigenvalue weighted by molar-refractivity contribution is 6.13. The van der Waals surface area contributed by atoms with Gasteiger partial charge in [0.15, 0.2) is 5.82 Å². The number of fused-ring (bicyclic) bond motifs is 8. The van der Waals surface area contributed by atoms with Crippen molar-refractivity contribution in [3.05, 3.63) is 211 Å². The van der Waals surface area contributed by atoms with Crippen LogP contribution in [0.5, 0.6) is 0 Å². The molecule has 0 bridgehead atoms. The lowest BCUT2D eigenvalue weighted by atomic mass is 9.81. The first kappa shape index (κ1) is 34.4. The van der Waals surface area contributed by atoms with Crippen LogP contribution in [0.4, 0.5) is 0 Å². The van der Waals surface area contributed by atoms with E-state index < -0.39 is 0 Å². The first-order valence-electron chi connectivity index (χ1n) is 20.7. The number of benzene rings is 9. The molecule has 2 heterocycles. The second-order valence-electron chi connectivity index (χ2n) is 16.6. The van der Waals surface area contributed by atoms with Gasteiger partial charge in [0, 0.05) is 38.1 Å². The van der Waals surface area contributed by atoms with E-state index in [2.05, 4.69) is 206 Å². The molecule has 0 fully saturated rings. The van der Waals surface area contributed by atoms with E-state index in [1.54, 1.807) is 0 Å². The maximum absolute atomic E-state index is 5.20. The molecule has 0 radical (unpaired) electrons. The normalized spacial score (nSPS) is 13.0. The van der Waals surface area contributed by atoms with Crippen molar-refractivity contribution in [3.63, 3.8) is 0 Å². The summed E-state index contributed by atoms with van der Waals surface area (Å²) in [6.45, 7) is 4.71. The summed E-state index contributed by atoms with van der Waals surface area (Å²) >= 11 is 0. The third-order valence-electron chi connectivity index (χ3n) is 12.8. The third-order valence-corrected chi connectivity index (χ3v) is 12.8. The van der Waals surface area contributed by atoms with Crippen molar-refractivity contribution >= 4 is 43.5 Å². The highest BCUT2D eigenvalue weighted by atomic mass is 15.0. The quantitative estimate of drug-likeness (QED) is 0.175. The van der Waals surface area contributed by atoms with Gasteiger partial charge in [-0.3, -0.25) is 0 Å². The maximum atomic E-state index is 5.20. The Kier molecular flexibility index (Phi) is 7.58. The van der Waals surface area contributed by atoms with Crippen LogP contribution in [0, 0.1) is 0 Å². The molecule has 11 aromatic rings. The van der Waals surface area contributed by atoms with Gasteiger partial charge in [-0.25, -0.2) is 9.97 Å². The molecule has 1 aliphatic carbocycles. The molecule has 282 valence electrons. The largest absolute Gasteiger partial charge is 0.309 e. The summed E-state index contributed by atoms with van der Waals surface area (Å²) in [5, 5.41) is 5.94. The molecule has 2 aromatic heterocycles. The molecule has 12 rings (SSSR count). The standard InChI is InChI=1S/C57H39N3/c1-57(2)49-23-10-8-21-44(49)45-29-26-41(35-50(45)57)40-28-31-54-48(34-40)47-33-39(27-30-53(47)60(54)52-25-13-17-36-14-6-7-20-43(36)52)38-18-12-19-42(32-38)56-58-51-24-11-9-22-46(51)55(59-56)37-15-4-3-5-16-37/h3-35H,1-2H3. The zero-order chi connectivity index (χ0) is 40.0. The van der Waals surface area contributed by atoms with Gasteiger partial charge >= 0.3 is 0 Å². The van der Waals surface area contributed by atoms with E-state index in [4.69, 9.17) is 9.97 Å². The lowest BCUT2D eigenvalue weighted by molar-refractivity contribution is 0.660. The molecule has 0 saturated carbocycles. The molecule has 0 unspecified atom stereocenters. The van der Waals surface area contributed by atoms with Crippen molar-refractivity contribution in [2.45, 2.75) is 19.3 Å². The summed E-state index contributed by atoms with van der Waals surface area (Å²) in [5.41, 5.74) is 17.6. The summed E-state index contributed by atoms with van der Waals surface area (Å²) in [6, 6.07) is 72.6. The molecule has 0 atom stereocenters. The summed E-state index contributed by atoms with van der Waals surface area (Å²) in [6.07, 6.45) is 0. The Balaban J connectivity index is 1.04. The van der Waals surface area contributed by atoms with Crippen molar-refractivity contribution in [1.82, 2.24) is 14.5 Å². The predicted octanol–water partition coefficient (Wildman–Crippen LogP) is 14.9.